The summed E-state index contributed by atoms with van der Waals surface area (Å²) in [7, 11) is 0. The number of hydrogen-bond donors (Lipinski definition) is 0. The molecule has 1 unspecified atom stereocenters. The summed E-state index contributed by atoms with van der Waals surface area (Å²) in [5.41, 5.74) is 5.35. The molecule has 0 heterocycles. The van der Waals surface area contributed by atoms with Crippen molar-refractivity contribution in [2.75, 3.05) is 13.2 Å². The summed E-state index contributed by atoms with van der Waals surface area (Å²) in [6.07, 6.45) is -0.529. The molecule has 4 aromatic carbocycles. The zero-order chi connectivity index (χ0) is 23.6. The average Bonchev–Trinajstić information content (AvgIpc) is 2.89. The van der Waals surface area contributed by atoms with Gasteiger partial charge in [0.2, 0.25) is 6.29 Å². The Labute approximate surface area is 201 Å². The van der Waals surface area contributed by atoms with Gasteiger partial charge in [0.15, 0.2) is 0 Å². The van der Waals surface area contributed by atoms with E-state index in [0.717, 1.165) is 33.6 Å². The van der Waals surface area contributed by atoms with E-state index in [9.17, 15) is 5.26 Å². The first kappa shape index (κ1) is 23.1. The minimum atomic E-state index is -0.658. The fraction of sp³-hybridized carbons (Fsp3) is 0.167. The molecule has 1 atom stereocenters. The second-order valence-electron chi connectivity index (χ2n) is 7.86. The molecule has 4 heteroatoms. The molecule has 170 valence electrons. The van der Waals surface area contributed by atoms with Crippen LogP contribution in [0.1, 0.15) is 12.0 Å². The van der Waals surface area contributed by atoms with Gasteiger partial charge >= 0.3 is 0 Å². The van der Waals surface area contributed by atoms with E-state index in [4.69, 9.17) is 14.2 Å². The van der Waals surface area contributed by atoms with Crippen LogP contribution in [-0.2, 0) is 4.74 Å². The number of nitrogens with zero attached hydrogens (tertiary/aromatic N) is 1. The summed E-state index contributed by atoms with van der Waals surface area (Å²) in [6, 6.07) is 36.4. The van der Waals surface area contributed by atoms with Crippen molar-refractivity contribution in [2.45, 2.75) is 19.6 Å². The lowest BCUT2D eigenvalue weighted by atomic mass is 9.97. The fourth-order valence-corrected chi connectivity index (χ4v) is 3.68. The molecule has 0 aliphatic rings. The van der Waals surface area contributed by atoms with Gasteiger partial charge in [0, 0.05) is 11.1 Å². The van der Waals surface area contributed by atoms with Crippen LogP contribution in [0.3, 0.4) is 0 Å². The Balaban J connectivity index is 1.49. The smallest absolute Gasteiger partial charge is 0.213 e. The molecule has 0 radical (unpaired) electrons. The number of nitriles is 1. The number of para-hydroxylation sites is 1. The van der Waals surface area contributed by atoms with Gasteiger partial charge in [-0.1, -0.05) is 96.6 Å². The highest BCUT2D eigenvalue weighted by Gasteiger charge is 2.15. The standard InChI is InChI=1S/C30H27NO3/c1-23-15-17-26(18-16-23)34-29(19-20-31)32-21-22-33-30-27(24-9-4-2-5-10-24)13-8-14-28(30)25-11-6-3-7-12-25/h2-18,29H,19,21-22H2,1H3. The van der Waals surface area contributed by atoms with Gasteiger partial charge in [0.25, 0.3) is 0 Å². The number of benzene rings is 4. The highest BCUT2D eigenvalue weighted by atomic mass is 16.7. The molecule has 0 spiro atoms. The van der Waals surface area contributed by atoms with Crippen LogP contribution in [0.4, 0.5) is 0 Å². The van der Waals surface area contributed by atoms with Crippen molar-refractivity contribution in [2.24, 2.45) is 0 Å². The lowest BCUT2D eigenvalue weighted by Gasteiger charge is -2.19. The van der Waals surface area contributed by atoms with E-state index in [1.54, 1.807) is 0 Å². The minimum absolute atomic E-state index is 0.129. The lowest BCUT2D eigenvalue weighted by Crippen LogP contribution is -2.23. The molecule has 0 fully saturated rings. The van der Waals surface area contributed by atoms with Crippen LogP contribution in [0.15, 0.2) is 103 Å². The van der Waals surface area contributed by atoms with E-state index in [1.807, 2.05) is 73.7 Å². The van der Waals surface area contributed by atoms with Crippen LogP contribution in [0, 0.1) is 18.3 Å². The topological polar surface area (TPSA) is 51.5 Å². The predicted octanol–water partition coefficient (Wildman–Crippen LogP) is 7.04. The Bertz CT molecular complexity index is 1160. The van der Waals surface area contributed by atoms with Crippen LogP contribution < -0.4 is 9.47 Å². The maximum absolute atomic E-state index is 9.18. The van der Waals surface area contributed by atoms with Crippen molar-refractivity contribution in [3.8, 4) is 39.8 Å². The Kier molecular flexibility index (Phi) is 7.95. The fourth-order valence-electron chi connectivity index (χ4n) is 3.68. The van der Waals surface area contributed by atoms with E-state index in [-0.39, 0.29) is 13.0 Å². The summed E-state index contributed by atoms with van der Waals surface area (Å²) < 4.78 is 18.0. The molecule has 0 saturated carbocycles. The molecule has 4 rings (SSSR count). The van der Waals surface area contributed by atoms with Gasteiger partial charge in [-0.3, -0.25) is 0 Å². The zero-order valence-electron chi connectivity index (χ0n) is 19.2. The van der Waals surface area contributed by atoms with Gasteiger partial charge in [0.1, 0.15) is 18.1 Å². The molecule has 0 bridgehead atoms. The van der Waals surface area contributed by atoms with Gasteiger partial charge in [-0.2, -0.15) is 5.26 Å². The second kappa shape index (κ2) is 11.7. The van der Waals surface area contributed by atoms with E-state index >= 15 is 0 Å². The van der Waals surface area contributed by atoms with Gasteiger partial charge in [-0.15, -0.1) is 0 Å². The molecule has 0 saturated heterocycles. The van der Waals surface area contributed by atoms with Gasteiger partial charge in [-0.25, -0.2) is 0 Å². The van der Waals surface area contributed by atoms with E-state index in [2.05, 4.69) is 42.5 Å². The number of aryl methyl sites for hydroxylation is 1. The zero-order valence-corrected chi connectivity index (χ0v) is 19.2. The van der Waals surface area contributed by atoms with Crippen molar-refractivity contribution in [3.63, 3.8) is 0 Å². The summed E-state index contributed by atoms with van der Waals surface area (Å²) in [5, 5.41) is 9.18. The monoisotopic (exact) mass is 449 g/mol. The SMILES string of the molecule is Cc1ccc(OC(CC#N)OCCOc2c(-c3ccccc3)cccc2-c2ccccc2)cc1. The van der Waals surface area contributed by atoms with E-state index in [0.29, 0.717) is 12.4 Å². The van der Waals surface area contributed by atoms with Crippen molar-refractivity contribution in [1.29, 1.82) is 5.26 Å². The lowest BCUT2D eigenvalue weighted by molar-refractivity contribution is -0.0830. The van der Waals surface area contributed by atoms with Gasteiger partial charge < -0.3 is 14.2 Å². The Morgan fingerprint density at radius 1 is 0.706 bits per heavy atom. The molecule has 0 amide bonds. The van der Waals surface area contributed by atoms with Crippen molar-refractivity contribution < 1.29 is 14.2 Å². The van der Waals surface area contributed by atoms with Gasteiger partial charge in [-0.05, 0) is 30.2 Å². The maximum atomic E-state index is 9.18. The highest BCUT2D eigenvalue weighted by Crippen LogP contribution is 2.39. The average molecular weight is 450 g/mol. The summed E-state index contributed by atoms with van der Waals surface area (Å²) in [5.74, 6) is 1.48. The summed E-state index contributed by atoms with van der Waals surface area (Å²) in [6.45, 7) is 2.62. The van der Waals surface area contributed by atoms with E-state index < -0.39 is 6.29 Å². The largest absolute Gasteiger partial charge is 0.490 e. The molecule has 4 nitrogen and oxygen atoms in total. The highest BCUT2D eigenvalue weighted by molar-refractivity contribution is 5.82. The van der Waals surface area contributed by atoms with Crippen LogP contribution in [-0.4, -0.2) is 19.5 Å². The molecular weight excluding hydrogens is 422 g/mol. The molecule has 0 aromatic heterocycles. The normalized spacial score (nSPS) is 11.4. The van der Waals surface area contributed by atoms with Gasteiger partial charge in [0.05, 0.1) is 19.1 Å². The van der Waals surface area contributed by atoms with Crippen molar-refractivity contribution >= 4 is 0 Å². The van der Waals surface area contributed by atoms with Crippen molar-refractivity contribution in [3.05, 3.63) is 109 Å². The molecule has 0 N–H and O–H groups in total. The molecular formula is C30H27NO3. The molecule has 0 aliphatic carbocycles. The molecule has 0 aliphatic heterocycles. The first-order valence-corrected chi connectivity index (χ1v) is 11.3. The number of hydrogen-bond acceptors (Lipinski definition) is 4. The maximum Gasteiger partial charge on any atom is 0.213 e. The Hall–Kier alpha value is -4.07. The first-order valence-electron chi connectivity index (χ1n) is 11.3. The summed E-state index contributed by atoms with van der Waals surface area (Å²) >= 11 is 0. The Morgan fingerprint density at radius 2 is 1.29 bits per heavy atom. The van der Waals surface area contributed by atoms with Crippen LogP contribution in [0.5, 0.6) is 11.5 Å². The predicted molar refractivity (Wildman–Crippen MR) is 135 cm³/mol. The third-order valence-electron chi connectivity index (χ3n) is 5.36. The Morgan fingerprint density at radius 3 is 1.85 bits per heavy atom. The first-order chi connectivity index (χ1) is 16.7. The van der Waals surface area contributed by atoms with Crippen LogP contribution in [0.2, 0.25) is 0 Å². The molecule has 34 heavy (non-hydrogen) atoms. The van der Waals surface area contributed by atoms with Crippen LogP contribution in [0.25, 0.3) is 22.3 Å². The van der Waals surface area contributed by atoms with Crippen molar-refractivity contribution in [1.82, 2.24) is 0 Å². The third-order valence-corrected chi connectivity index (χ3v) is 5.36. The minimum Gasteiger partial charge on any atom is -0.490 e. The number of rotatable bonds is 10. The number of ether oxygens (including phenoxy) is 3. The summed E-state index contributed by atoms with van der Waals surface area (Å²) in [4.78, 5) is 0. The molecule has 4 aromatic rings. The van der Waals surface area contributed by atoms with E-state index in [1.165, 1.54) is 0 Å². The second-order valence-corrected chi connectivity index (χ2v) is 7.86. The third kappa shape index (κ3) is 6.04. The van der Waals surface area contributed by atoms with Crippen LogP contribution >= 0.6 is 0 Å². The quantitative estimate of drug-likeness (QED) is 0.192.